The predicted molar refractivity (Wildman–Crippen MR) is 76.2 cm³/mol. The summed E-state index contributed by atoms with van der Waals surface area (Å²) in [7, 11) is 0. The lowest BCUT2D eigenvalue weighted by Gasteiger charge is -2.24. The lowest BCUT2D eigenvalue weighted by atomic mass is 10.0. The van der Waals surface area contributed by atoms with E-state index in [0.29, 0.717) is 11.5 Å². The van der Waals surface area contributed by atoms with Crippen LogP contribution in [0.3, 0.4) is 0 Å². The van der Waals surface area contributed by atoms with Crippen molar-refractivity contribution in [1.82, 2.24) is 10.2 Å². The van der Waals surface area contributed by atoms with Crippen LogP contribution in [0.4, 0.5) is 4.79 Å². The molecule has 0 aromatic rings. The first-order valence-corrected chi connectivity index (χ1v) is 7.55. The van der Waals surface area contributed by atoms with E-state index >= 15 is 0 Å². The van der Waals surface area contributed by atoms with Crippen molar-refractivity contribution >= 4 is 6.09 Å². The van der Waals surface area contributed by atoms with Gasteiger partial charge in [0.15, 0.2) is 0 Å². The van der Waals surface area contributed by atoms with Gasteiger partial charge in [-0.25, -0.2) is 4.79 Å². The van der Waals surface area contributed by atoms with Crippen molar-refractivity contribution in [2.45, 2.75) is 65.0 Å². The van der Waals surface area contributed by atoms with Gasteiger partial charge in [0.2, 0.25) is 0 Å². The molecule has 2 aliphatic rings. The molecule has 1 N–H and O–H groups in total. The third-order valence-corrected chi connectivity index (χ3v) is 4.31. The molecule has 2 fully saturated rings. The highest BCUT2D eigenvalue weighted by Crippen LogP contribution is 2.48. The maximum absolute atomic E-state index is 12.0. The number of hydrogen-bond acceptors (Lipinski definition) is 3. The molecule has 110 valence electrons. The van der Waals surface area contributed by atoms with Crippen molar-refractivity contribution in [3.05, 3.63) is 0 Å². The van der Waals surface area contributed by atoms with Crippen molar-refractivity contribution in [2.24, 2.45) is 5.41 Å². The van der Waals surface area contributed by atoms with Gasteiger partial charge >= 0.3 is 6.09 Å². The number of nitrogens with one attached hydrogen (secondary N) is 1. The quantitative estimate of drug-likeness (QED) is 0.852. The van der Waals surface area contributed by atoms with Gasteiger partial charge in [0.05, 0.1) is 0 Å². The third-order valence-electron chi connectivity index (χ3n) is 4.31. The average Bonchev–Trinajstić information content (AvgIpc) is 2.94. The summed E-state index contributed by atoms with van der Waals surface area (Å²) in [6.07, 6.45) is 4.85. The average molecular weight is 268 g/mol. The predicted octanol–water partition coefficient (Wildman–Crippen LogP) is 2.78. The van der Waals surface area contributed by atoms with Crippen LogP contribution in [0.1, 0.15) is 53.4 Å². The first-order chi connectivity index (χ1) is 8.84. The van der Waals surface area contributed by atoms with Gasteiger partial charge in [0, 0.05) is 25.7 Å². The Hall–Kier alpha value is -0.770. The summed E-state index contributed by atoms with van der Waals surface area (Å²) < 4.78 is 5.41. The van der Waals surface area contributed by atoms with Crippen molar-refractivity contribution < 1.29 is 9.53 Å². The number of hydrogen-bond donors (Lipinski definition) is 1. The highest BCUT2D eigenvalue weighted by molar-refractivity contribution is 5.68. The fraction of sp³-hybridized carbons (Fsp3) is 0.933. The van der Waals surface area contributed by atoms with Gasteiger partial charge in [-0.15, -0.1) is 0 Å². The van der Waals surface area contributed by atoms with Crippen LogP contribution < -0.4 is 5.32 Å². The van der Waals surface area contributed by atoms with Crippen LogP contribution >= 0.6 is 0 Å². The molecule has 1 unspecified atom stereocenters. The van der Waals surface area contributed by atoms with Crippen LogP contribution in [-0.4, -0.2) is 42.3 Å². The maximum Gasteiger partial charge on any atom is 0.410 e. The largest absolute Gasteiger partial charge is 0.444 e. The van der Waals surface area contributed by atoms with E-state index < -0.39 is 5.60 Å². The first kappa shape index (κ1) is 14.6. The molecular formula is C15H28N2O2. The van der Waals surface area contributed by atoms with Crippen molar-refractivity contribution in [3.8, 4) is 0 Å². The molecule has 4 heteroatoms. The topological polar surface area (TPSA) is 41.6 Å². The highest BCUT2D eigenvalue weighted by Gasteiger charge is 2.41. The number of rotatable bonds is 4. The Morgan fingerprint density at radius 2 is 2.11 bits per heavy atom. The second kappa shape index (κ2) is 5.31. The standard InChI is InChI=1S/C15H28N2O2/c1-5-15(7-8-15)11-16-12-6-9-17(10-12)13(18)19-14(2,3)4/h12,16H,5-11H2,1-4H3. The molecular weight excluding hydrogens is 240 g/mol. The van der Waals surface area contributed by atoms with Crippen LogP contribution in [0.2, 0.25) is 0 Å². The summed E-state index contributed by atoms with van der Waals surface area (Å²) in [5, 5.41) is 3.63. The Labute approximate surface area is 116 Å². The zero-order valence-electron chi connectivity index (χ0n) is 12.8. The van der Waals surface area contributed by atoms with Crippen LogP contribution in [0, 0.1) is 5.41 Å². The monoisotopic (exact) mass is 268 g/mol. The minimum absolute atomic E-state index is 0.173. The van der Waals surface area contributed by atoms with Crippen LogP contribution in [-0.2, 0) is 4.74 Å². The van der Waals surface area contributed by atoms with Crippen molar-refractivity contribution in [2.75, 3.05) is 19.6 Å². The molecule has 0 radical (unpaired) electrons. The Morgan fingerprint density at radius 3 is 2.63 bits per heavy atom. The van der Waals surface area contributed by atoms with E-state index in [1.807, 2.05) is 25.7 Å². The zero-order valence-corrected chi connectivity index (χ0v) is 12.8. The Morgan fingerprint density at radius 1 is 1.42 bits per heavy atom. The molecule has 0 aromatic carbocycles. The summed E-state index contributed by atoms with van der Waals surface area (Å²) in [5.74, 6) is 0. The van der Waals surface area contributed by atoms with E-state index in [2.05, 4.69) is 12.2 Å². The summed E-state index contributed by atoms with van der Waals surface area (Å²) in [6.45, 7) is 10.7. The van der Waals surface area contributed by atoms with E-state index in [9.17, 15) is 4.79 Å². The van der Waals surface area contributed by atoms with Gasteiger partial charge in [-0.3, -0.25) is 0 Å². The van der Waals surface area contributed by atoms with E-state index in [-0.39, 0.29) is 6.09 Å². The Bertz CT molecular complexity index is 332. The number of carbonyl (C=O) groups is 1. The summed E-state index contributed by atoms with van der Waals surface area (Å²) in [5.41, 5.74) is 0.169. The van der Waals surface area contributed by atoms with Crippen molar-refractivity contribution in [1.29, 1.82) is 0 Å². The second-order valence-corrected chi connectivity index (χ2v) is 7.15. The molecule has 0 spiro atoms. The van der Waals surface area contributed by atoms with E-state index in [1.165, 1.54) is 19.3 Å². The molecule has 19 heavy (non-hydrogen) atoms. The SMILES string of the molecule is CCC1(CNC2CCN(C(=O)OC(C)(C)C)C2)CC1. The summed E-state index contributed by atoms with van der Waals surface area (Å²) in [6, 6.07) is 0.441. The van der Waals surface area contributed by atoms with Gasteiger partial charge in [-0.2, -0.15) is 0 Å². The Kier molecular flexibility index (Phi) is 4.09. The van der Waals surface area contributed by atoms with Crippen LogP contribution in [0.5, 0.6) is 0 Å². The number of carbonyl (C=O) groups excluding carboxylic acids is 1. The normalized spacial score (nSPS) is 25.5. The highest BCUT2D eigenvalue weighted by atomic mass is 16.6. The van der Waals surface area contributed by atoms with Gasteiger partial charge in [-0.05, 0) is 51.9 Å². The fourth-order valence-corrected chi connectivity index (χ4v) is 2.61. The van der Waals surface area contributed by atoms with Gasteiger partial charge in [0.25, 0.3) is 0 Å². The Balaban J connectivity index is 1.72. The molecule has 1 atom stereocenters. The summed E-state index contributed by atoms with van der Waals surface area (Å²) >= 11 is 0. The van der Waals surface area contributed by atoms with E-state index in [4.69, 9.17) is 4.74 Å². The van der Waals surface area contributed by atoms with Gasteiger partial charge in [0.1, 0.15) is 5.60 Å². The lowest BCUT2D eigenvalue weighted by molar-refractivity contribution is 0.0291. The number of nitrogens with zero attached hydrogens (tertiary/aromatic N) is 1. The summed E-state index contributed by atoms with van der Waals surface area (Å²) in [4.78, 5) is 13.8. The van der Waals surface area contributed by atoms with Crippen LogP contribution in [0.25, 0.3) is 0 Å². The van der Waals surface area contributed by atoms with Gasteiger partial charge in [-0.1, -0.05) is 6.92 Å². The van der Waals surface area contributed by atoms with Crippen molar-refractivity contribution in [3.63, 3.8) is 0 Å². The molecule has 1 saturated heterocycles. The molecule has 2 rings (SSSR count). The van der Waals surface area contributed by atoms with E-state index in [0.717, 1.165) is 26.1 Å². The smallest absolute Gasteiger partial charge is 0.410 e. The van der Waals surface area contributed by atoms with E-state index in [1.54, 1.807) is 0 Å². The number of amides is 1. The van der Waals surface area contributed by atoms with Crippen LogP contribution in [0.15, 0.2) is 0 Å². The fourth-order valence-electron chi connectivity index (χ4n) is 2.61. The minimum atomic E-state index is -0.400. The zero-order chi connectivity index (χ0) is 14.1. The molecule has 1 aliphatic heterocycles. The van der Waals surface area contributed by atoms with Gasteiger partial charge < -0.3 is 15.0 Å². The molecule has 4 nitrogen and oxygen atoms in total. The first-order valence-electron chi connectivity index (χ1n) is 7.55. The lowest BCUT2D eigenvalue weighted by Crippen LogP contribution is -2.39. The molecule has 1 heterocycles. The molecule has 1 amide bonds. The number of likely N-dealkylation sites (tertiary alicyclic amines) is 1. The third kappa shape index (κ3) is 4.10. The number of ether oxygens (including phenoxy) is 1. The molecule has 0 bridgehead atoms. The molecule has 1 saturated carbocycles. The maximum atomic E-state index is 12.0. The minimum Gasteiger partial charge on any atom is -0.444 e. The molecule has 1 aliphatic carbocycles. The second-order valence-electron chi connectivity index (χ2n) is 7.15. The molecule has 0 aromatic heterocycles.